The van der Waals surface area contributed by atoms with Crippen molar-refractivity contribution in [2.24, 2.45) is 10.8 Å². The molecule has 0 bridgehead atoms. The first-order valence-corrected chi connectivity index (χ1v) is 15.7. The van der Waals surface area contributed by atoms with Gasteiger partial charge in [-0.15, -0.1) is 0 Å². The molecule has 0 saturated carbocycles. The van der Waals surface area contributed by atoms with Gasteiger partial charge in [0.25, 0.3) is 0 Å². The molecular formula is C26H57O3P. The van der Waals surface area contributed by atoms with Crippen LogP contribution < -0.4 is 0 Å². The van der Waals surface area contributed by atoms with Crippen molar-refractivity contribution in [3.8, 4) is 0 Å². The summed E-state index contributed by atoms with van der Waals surface area (Å²) in [6.45, 7) is 21.6. The molecule has 0 saturated heterocycles. The summed E-state index contributed by atoms with van der Waals surface area (Å²) in [7, 11) is -1.94. The Bertz CT molecular complexity index is 430. The summed E-state index contributed by atoms with van der Waals surface area (Å²) < 4.78 is 12.1. The van der Waals surface area contributed by atoms with E-state index in [2.05, 4.69) is 48.5 Å². The molecule has 0 aromatic carbocycles. The van der Waals surface area contributed by atoms with Crippen LogP contribution in [0.4, 0.5) is 0 Å². The van der Waals surface area contributed by atoms with Gasteiger partial charge in [-0.05, 0) is 0 Å². The van der Waals surface area contributed by atoms with Crippen LogP contribution in [-0.4, -0.2) is 43.6 Å². The van der Waals surface area contributed by atoms with Gasteiger partial charge in [0.2, 0.25) is 0 Å². The van der Waals surface area contributed by atoms with E-state index in [1.165, 1.54) is 64.2 Å². The molecule has 0 radical (unpaired) electrons. The third kappa shape index (κ3) is 16.9. The van der Waals surface area contributed by atoms with Crippen LogP contribution >= 0.6 is 7.49 Å². The Balaban J connectivity index is 4.08. The third-order valence-corrected chi connectivity index (χ3v) is 8.06. The van der Waals surface area contributed by atoms with E-state index in [-0.39, 0.29) is 11.9 Å². The van der Waals surface area contributed by atoms with E-state index in [0.29, 0.717) is 17.4 Å². The van der Waals surface area contributed by atoms with E-state index in [0.717, 1.165) is 13.0 Å². The van der Waals surface area contributed by atoms with E-state index in [4.69, 9.17) is 9.26 Å². The van der Waals surface area contributed by atoms with Crippen LogP contribution in [0.5, 0.6) is 0 Å². The zero-order valence-electron chi connectivity index (χ0n) is 22.2. The number of aliphatic hydroxyl groups is 1. The predicted molar refractivity (Wildman–Crippen MR) is 137 cm³/mol. The van der Waals surface area contributed by atoms with Crippen LogP contribution in [-0.2, 0) is 9.26 Å². The van der Waals surface area contributed by atoms with Gasteiger partial charge in [0.05, 0.1) is 0 Å². The maximum absolute atomic E-state index is 9.39. The molecule has 0 fully saturated rings. The van der Waals surface area contributed by atoms with Crippen molar-refractivity contribution in [1.29, 1.82) is 0 Å². The molecule has 0 aliphatic rings. The number of ether oxygens (including phenoxy) is 1. The standard InChI is InChI=1S/C26H57O3P/c1-10-11-12-13-14-15-17-24(2,3)19-20-25(4,5)18-16-21-28-26(6,7)22-29-30(8,9)23-27/h27,30H,10-23H2,1-9H3. The van der Waals surface area contributed by atoms with Gasteiger partial charge in [0, 0.05) is 0 Å². The fourth-order valence-corrected chi connectivity index (χ4v) is 4.50. The van der Waals surface area contributed by atoms with E-state index in [1.807, 2.05) is 13.3 Å². The molecule has 184 valence electrons. The van der Waals surface area contributed by atoms with Crippen LogP contribution in [0.1, 0.15) is 119 Å². The molecule has 0 amide bonds. The zero-order chi connectivity index (χ0) is 23.3. The minimum absolute atomic E-state index is 0.159. The van der Waals surface area contributed by atoms with Crippen LogP contribution in [0.15, 0.2) is 0 Å². The number of unbranched alkanes of at least 4 members (excludes halogenated alkanes) is 5. The van der Waals surface area contributed by atoms with Crippen molar-refractivity contribution in [3.05, 3.63) is 0 Å². The Morgan fingerprint density at radius 2 is 1.20 bits per heavy atom. The summed E-state index contributed by atoms with van der Waals surface area (Å²) in [6, 6.07) is 0. The van der Waals surface area contributed by atoms with E-state index < -0.39 is 7.49 Å². The molecule has 0 rings (SSSR count). The van der Waals surface area contributed by atoms with Gasteiger partial charge in [-0.25, -0.2) is 0 Å². The first kappa shape index (κ1) is 30.3. The summed E-state index contributed by atoms with van der Waals surface area (Å²) >= 11 is 0. The molecule has 0 aliphatic heterocycles. The van der Waals surface area contributed by atoms with Crippen LogP contribution in [0.25, 0.3) is 0 Å². The Morgan fingerprint density at radius 3 is 1.73 bits per heavy atom. The fraction of sp³-hybridized carbons (Fsp3) is 1.00. The molecule has 3 nitrogen and oxygen atoms in total. The number of rotatable bonds is 19. The van der Waals surface area contributed by atoms with Crippen molar-refractivity contribution in [3.63, 3.8) is 0 Å². The number of hydrogen-bond donors (Lipinski definition) is 1. The van der Waals surface area contributed by atoms with Gasteiger partial charge in [-0.1, -0.05) is 45.4 Å². The molecule has 0 heterocycles. The fourth-order valence-electron chi connectivity index (χ4n) is 3.67. The number of hydrogen-bond acceptors (Lipinski definition) is 3. The zero-order valence-corrected chi connectivity index (χ0v) is 23.2. The molecule has 4 heteroatoms. The molecule has 0 aliphatic carbocycles. The van der Waals surface area contributed by atoms with E-state index in [1.54, 1.807) is 0 Å². The van der Waals surface area contributed by atoms with Gasteiger partial charge < -0.3 is 0 Å². The van der Waals surface area contributed by atoms with Crippen molar-refractivity contribution >= 4 is 7.49 Å². The summed E-state index contributed by atoms with van der Waals surface area (Å²) in [6.07, 6.45) is 14.8. The second-order valence-corrected chi connectivity index (χ2v) is 16.4. The van der Waals surface area contributed by atoms with Crippen LogP contribution in [0.3, 0.4) is 0 Å². The Morgan fingerprint density at radius 1 is 0.700 bits per heavy atom. The molecule has 30 heavy (non-hydrogen) atoms. The molecule has 0 atom stereocenters. The second-order valence-electron chi connectivity index (χ2n) is 12.3. The Kier molecular flexibility index (Phi) is 14.6. The Hall–Kier alpha value is 0.310. The summed E-state index contributed by atoms with van der Waals surface area (Å²) in [5.41, 5.74) is 0.540. The van der Waals surface area contributed by atoms with Crippen molar-refractivity contribution in [2.75, 3.05) is 32.9 Å². The van der Waals surface area contributed by atoms with Crippen LogP contribution in [0.2, 0.25) is 0 Å². The molecule has 0 unspecified atom stereocenters. The molecule has 0 aromatic rings. The monoisotopic (exact) mass is 448 g/mol. The number of aliphatic hydroxyl groups excluding tert-OH is 1. The normalized spacial score (nSPS) is 14.3. The first-order chi connectivity index (χ1) is 13.7. The average Bonchev–Trinajstić information content (AvgIpc) is 2.65. The molecule has 0 aromatic heterocycles. The third-order valence-electron chi connectivity index (χ3n) is 6.37. The van der Waals surface area contributed by atoms with Crippen molar-refractivity contribution < 1.29 is 14.4 Å². The van der Waals surface area contributed by atoms with E-state index >= 15 is 0 Å². The Labute approximate surface area is 190 Å². The quantitative estimate of drug-likeness (QED) is 0.160. The summed E-state index contributed by atoms with van der Waals surface area (Å²) in [5.74, 6) is 0. The van der Waals surface area contributed by atoms with Gasteiger partial charge in [0.1, 0.15) is 0 Å². The van der Waals surface area contributed by atoms with Gasteiger partial charge in [-0.2, -0.15) is 0 Å². The first-order valence-electron chi connectivity index (χ1n) is 12.6. The topological polar surface area (TPSA) is 38.7 Å². The van der Waals surface area contributed by atoms with Crippen molar-refractivity contribution in [1.82, 2.24) is 0 Å². The summed E-state index contributed by atoms with van der Waals surface area (Å²) in [5, 5.41) is 9.39. The van der Waals surface area contributed by atoms with E-state index in [9.17, 15) is 5.11 Å². The SMILES string of the molecule is CCCCCCCCC(C)(C)CCC(C)(C)CCCOC(C)(C)CO[PH](C)(C)CO. The molecular weight excluding hydrogens is 391 g/mol. The predicted octanol–water partition coefficient (Wildman–Crippen LogP) is 8.04. The van der Waals surface area contributed by atoms with Crippen LogP contribution in [0, 0.1) is 10.8 Å². The van der Waals surface area contributed by atoms with Gasteiger partial charge in [0.15, 0.2) is 0 Å². The minimum atomic E-state index is -1.94. The average molecular weight is 449 g/mol. The molecule has 0 spiro atoms. The molecule has 1 N–H and O–H groups in total. The maximum atomic E-state index is 9.39. The summed E-state index contributed by atoms with van der Waals surface area (Å²) in [4.78, 5) is 0. The van der Waals surface area contributed by atoms with Gasteiger partial charge in [-0.3, -0.25) is 0 Å². The van der Waals surface area contributed by atoms with Crippen molar-refractivity contribution in [2.45, 2.75) is 125 Å². The van der Waals surface area contributed by atoms with Gasteiger partial charge >= 0.3 is 145 Å². The second kappa shape index (κ2) is 14.5.